The van der Waals surface area contributed by atoms with Gasteiger partial charge in [-0.25, -0.2) is 12.7 Å². The molecule has 8 heteroatoms. The molecule has 0 unspecified atom stereocenters. The highest BCUT2D eigenvalue weighted by Crippen LogP contribution is 2.12. The van der Waals surface area contributed by atoms with Crippen molar-refractivity contribution in [3.63, 3.8) is 0 Å². The number of aryl methyl sites for hydroxylation is 1. The highest BCUT2D eigenvalue weighted by atomic mass is 32.2. The van der Waals surface area contributed by atoms with Crippen LogP contribution in [0.3, 0.4) is 0 Å². The number of piperazine rings is 1. The van der Waals surface area contributed by atoms with Crippen LogP contribution in [0.25, 0.3) is 0 Å². The van der Waals surface area contributed by atoms with Crippen molar-refractivity contribution >= 4 is 15.9 Å². The van der Waals surface area contributed by atoms with Gasteiger partial charge in [-0.05, 0) is 25.5 Å². The fourth-order valence-electron chi connectivity index (χ4n) is 3.95. The Balaban J connectivity index is 1.44. The molecule has 1 aromatic carbocycles. The van der Waals surface area contributed by atoms with Gasteiger partial charge in [0.25, 0.3) is 0 Å². The van der Waals surface area contributed by atoms with Crippen molar-refractivity contribution in [2.75, 3.05) is 65.2 Å². The Hall–Kier alpha value is -1.48. The maximum atomic E-state index is 12.7. The number of benzene rings is 1. The first kappa shape index (κ1) is 21.2. The van der Waals surface area contributed by atoms with E-state index in [4.69, 9.17) is 0 Å². The second-order valence-electron chi connectivity index (χ2n) is 7.94. The molecule has 0 radical (unpaired) electrons. The van der Waals surface area contributed by atoms with Crippen molar-refractivity contribution < 1.29 is 13.2 Å². The van der Waals surface area contributed by atoms with Crippen LogP contribution in [0.1, 0.15) is 17.5 Å². The van der Waals surface area contributed by atoms with Gasteiger partial charge in [-0.1, -0.05) is 29.8 Å². The van der Waals surface area contributed by atoms with Crippen LogP contribution in [-0.4, -0.2) is 98.5 Å². The van der Waals surface area contributed by atoms with Crippen LogP contribution in [0.4, 0.5) is 0 Å². The second-order valence-corrected chi connectivity index (χ2v) is 9.92. The standard InChI is InChI=1S/C20H32N4O3S/c1-18-5-3-6-19(15-18)16-22-9-12-23(13-10-22)20(25)17-21-7-4-8-24(14-11-21)28(2,26)27/h3,5-6,15H,4,7-14,16-17H2,1-2H3. The molecule has 0 saturated carbocycles. The highest BCUT2D eigenvalue weighted by Gasteiger charge is 2.25. The van der Waals surface area contributed by atoms with E-state index in [1.165, 1.54) is 21.7 Å². The predicted molar refractivity (Wildman–Crippen MR) is 111 cm³/mol. The van der Waals surface area contributed by atoms with Gasteiger partial charge in [0.1, 0.15) is 0 Å². The molecule has 0 N–H and O–H groups in total. The van der Waals surface area contributed by atoms with Gasteiger partial charge in [0.15, 0.2) is 0 Å². The van der Waals surface area contributed by atoms with Crippen LogP contribution in [0.5, 0.6) is 0 Å². The van der Waals surface area contributed by atoms with Gasteiger partial charge in [0, 0.05) is 52.4 Å². The lowest BCUT2D eigenvalue weighted by atomic mass is 10.1. The molecule has 7 nitrogen and oxygen atoms in total. The maximum absolute atomic E-state index is 12.7. The van der Waals surface area contributed by atoms with Crippen LogP contribution >= 0.6 is 0 Å². The van der Waals surface area contributed by atoms with Gasteiger partial charge in [-0.3, -0.25) is 14.6 Å². The molecular formula is C20H32N4O3S. The Labute approximate surface area is 168 Å². The summed E-state index contributed by atoms with van der Waals surface area (Å²) in [6, 6.07) is 8.58. The lowest BCUT2D eigenvalue weighted by molar-refractivity contribution is -0.134. The number of nitrogens with zero attached hydrogens (tertiary/aromatic N) is 4. The lowest BCUT2D eigenvalue weighted by Gasteiger charge is -2.35. The number of sulfonamides is 1. The molecule has 2 saturated heterocycles. The molecule has 0 spiro atoms. The molecule has 0 bridgehead atoms. The van der Waals surface area contributed by atoms with Gasteiger partial charge in [0.2, 0.25) is 15.9 Å². The number of hydrogen-bond donors (Lipinski definition) is 0. The normalized spacial score (nSPS) is 20.9. The zero-order chi connectivity index (χ0) is 20.1. The number of rotatable bonds is 5. The fourth-order valence-corrected chi connectivity index (χ4v) is 4.83. The first-order chi connectivity index (χ1) is 13.3. The molecule has 28 heavy (non-hydrogen) atoms. The predicted octanol–water partition coefficient (Wildman–Crippen LogP) is 0.607. The van der Waals surface area contributed by atoms with Crippen LogP contribution < -0.4 is 0 Å². The number of hydrogen-bond acceptors (Lipinski definition) is 5. The van der Waals surface area contributed by atoms with Crippen molar-refractivity contribution in [1.82, 2.24) is 19.0 Å². The molecule has 2 heterocycles. The Morgan fingerprint density at radius 3 is 2.36 bits per heavy atom. The van der Waals surface area contributed by atoms with Crippen LogP contribution in [0.15, 0.2) is 24.3 Å². The molecule has 2 fully saturated rings. The van der Waals surface area contributed by atoms with E-state index in [1.807, 2.05) is 4.90 Å². The van der Waals surface area contributed by atoms with E-state index in [0.29, 0.717) is 26.2 Å². The summed E-state index contributed by atoms with van der Waals surface area (Å²) < 4.78 is 25.0. The zero-order valence-electron chi connectivity index (χ0n) is 17.0. The average Bonchev–Trinajstić information content (AvgIpc) is 2.88. The van der Waals surface area contributed by atoms with E-state index in [9.17, 15) is 13.2 Å². The van der Waals surface area contributed by atoms with Crippen LogP contribution in [-0.2, 0) is 21.4 Å². The van der Waals surface area contributed by atoms with Gasteiger partial charge in [0.05, 0.1) is 12.8 Å². The maximum Gasteiger partial charge on any atom is 0.236 e. The molecule has 0 aromatic heterocycles. The summed E-state index contributed by atoms with van der Waals surface area (Å²) in [6.07, 6.45) is 2.02. The molecule has 1 amide bonds. The van der Waals surface area contributed by atoms with Crippen LogP contribution in [0, 0.1) is 6.92 Å². The van der Waals surface area contributed by atoms with E-state index >= 15 is 0 Å². The first-order valence-corrected chi connectivity index (χ1v) is 11.9. The molecule has 2 aliphatic rings. The molecule has 156 valence electrons. The minimum absolute atomic E-state index is 0.156. The Bertz CT molecular complexity index is 775. The topological polar surface area (TPSA) is 64.2 Å². The van der Waals surface area contributed by atoms with E-state index in [2.05, 4.69) is 41.0 Å². The van der Waals surface area contributed by atoms with Crippen molar-refractivity contribution in [1.29, 1.82) is 0 Å². The largest absolute Gasteiger partial charge is 0.339 e. The van der Waals surface area contributed by atoms with E-state index in [1.54, 1.807) is 0 Å². The average molecular weight is 409 g/mol. The highest BCUT2D eigenvalue weighted by molar-refractivity contribution is 7.88. The summed E-state index contributed by atoms with van der Waals surface area (Å²) >= 11 is 0. The quantitative estimate of drug-likeness (QED) is 0.714. The third kappa shape index (κ3) is 6.01. The Kier molecular flexibility index (Phi) is 7.09. The van der Waals surface area contributed by atoms with Crippen molar-refractivity contribution in [3.8, 4) is 0 Å². The smallest absolute Gasteiger partial charge is 0.236 e. The summed E-state index contributed by atoms with van der Waals surface area (Å²) in [4.78, 5) is 19.1. The summed E-state index contributed by atoms with van der Waals surface area (Å²) in [5.41, 5.74) is 2.60. The Morgan fingerprint density at radius 2 is 1.68 bits per heavy atom. The summed E-state index contributed by atoms with van der Waals surface area (Å²) in [7, 11) is -3.15. The summed E-state index contributed by atoms with van der Waals surface area (Å²) in [6.45, 7) is 9.12. The SMILES string of the molecule is Cc1cccc(CN2CCN(C(=O)CN3CCCN(S(C)(=O)=O)CC3)CC2)c1. The molecule has 1 aromatic rings. The number of amides is 1. The van der Waals surface area contributed by atoms with Gasteiger partial charge < -0.3 is 4.90 Å². The monoisotopic (exact) mass is 408 g/mol. The van der Waals surface area contributed by atoms with Crippen molar-refractivity contribution in [3.05, 3.63) is 35.4 Å². The third-order valence-corrected chi connectivity index (χ3v) is 6.89. The first-order valence-electron chi connectivity index (χ1n) is 10.0. The molecule has 0 aliphatic carbocycles. The summed E-state index contributed by atoms with van der Waals surface area (Å²) in [5, 5.41) is 0. The Morgan fingerprint density at radius 1 is 0.964 bits per heavy atom. The van der Waals surface area contributed by atoms with E-state index in [0.717, 1.165) is 45.7 Å². The lowest BCUT2D eigenvalue weighted by Crippen LogP contribution is -2.51. The zero-order valence-corrected chi connectivity index (χ0v) is 17.8. The molecule has 0 atom stereocenters. The van der Waals surface area contributed by atoms with E-state index < -0.39 is 10.0 Å². The minimum Gasteiger partial charge on any atom is -0.339 e. The van der Waals surface area contributed by atoms with Gasteiger partial charge in [-0.15, -0.1) is 0 Å². The number of carbonyl (C=O) groups is 1. The van der Waals surface area contributed by atoms with Crippen molar-refractivity contribution in [2.45, 2.75) is 19.9 Å². The van der Waals surface area contributed by atoms with Crippen LogP contribution in [0.2, 0.25) is 0 Å². The fraction of sp³-hybridized carbons (Fsp3) is 0.650. The third-order valence-electron chi connectivity index (χ3n) is 5.59. The molecule has 2 aliphatic heterocycles. The van der Waals surface area contributed by atoms with Crippen molar-refractivity contribution in [2.24, 2.45) is 0 Å². The molecular weight excluding hydrogens is 376 g/mol. The van der Waals surface area contributed by atoms with E-state index in [-0.39, 0.29) is 5.91 Å². The second kappa shape index (κ2) is 9.35. The number of carbonyl (C=O) groups excluding carboxylic acids is 1. The van der Waals surface area contributed by atoms with Gasteiger partial charge >= 0.3 is 0 Å². The minimum atomic E-state index is -3.15. The van der Waals surface area contributed by atoms with Gasteiger partial charge in [-0.2, -0.15) is 0 Å². The summed E-state index contributed by atoms with van der Waals surface area (Å²) in [5.74, 6) is 0.156. The molecule has 3 rings (SSSR count).